The molecule has 1 aliphatic heterocycles. The van der Waals surface area contributed by atoms with E-state index in [-0.39, 0.29) is 18.4 Å². The Balaban J connectivity index is 0.00000240. The Hall–Kier alpha value is -2.98. The van der Waals surface area contributed by atoms with Crippen LogP contribution in [0.1, 0.15) is 22.7 Å². The molecule has 150 valence electrons. The number of likely N-dealkylation sites (N-methyl/N-ethyl adjacent to an activating group) is 1. The molecule has 1 atom stereocenters. The van der Waals surface area contributed by atoms with Crippen LogP contribution in [0.5, 0.6) is 11.5 Å². The minimum atomic E-state index is -0.0307. The Labute approximate surface area is 178 Å². The summed E-state index contributed by atoms with van der Waals surface area (Å²) in [7, 11) is 3.73. The third-order valence-corrected chi connectivity index (χ3v) is 5.02. The third kappa shape index (κ3) is 4.72. The van der Waals surface area contributed by atoms with E-state index < -0.39 is 0 Å². The Kier molecular flexibility index (Phi) is 6.78. The first kappa shape index (κ1) is 20.7. The molecule has 0 spiro atoms. The molecule has 3 aromatic carbocycles. The first-order valence-electron chi connectivity index (χ1n) is 9.42. The maximum absolute atomic E-state index is 6.03. The van der Waals surface area contributed by atoms with Crippen molar-refractivity contribution in [3.63, 3.8) is 0 Å². The van der Waals surface area contributed by atoms with Crippen LogP contribution in [0.15, 0.2) is 83.9 Å². The molecular weight excluding hydrogens is 384 g/mol. The van der Waals surface area contributed by atoms with E-state index >= 15 is 0 Å². The molecule has 0 saturated carbocycles. The second-order valence-electron chi connectivity index (χ2n) is 6.88. The highest BCUT2D eigenvalue weighted by Gasteiger charge is 2.23. The van der Waals surface area contributed by atoms with Gasteiger partial charge in [-0.05, 0) is 41.0 Å². The molecule has 0 N–H and O–H groups in total. The highest BCUT2D eigenvalue weighted by Crippen LogP contribution is 2.32. The molecular formula is C24H25ClN2O2. The number of hydrogen-bond acceptors (Lipinski definition) is 4. The van der Waals surface area contributed by atoms with Gasteiger partial charge in [-0.15, -0.1) is 12.4 Å². The SMILES string of the molecule is COc1ccc(OCC2=NC(c3ccccc3)c3ccccc3CN2C)cc1.Cl. The lowest BCUT2D eigenvalue weighted by atomic mass is 9.95. The Bertz CT molecular complexity index is 958. The van der Waals surface area contributed by atoms with E-state index in [1.165, 1.54) is 16.7 Å². The van der Waals surface area contributed by atoms with Gasteiger partial charge in [0.25, 0.3) is 0 Å². The molecule has 4 nitrogen and oxygen atoms in total. The minimum Gasteiger partial charge on any atom is -0.497 e. The van der Waals surface area contributed by atoms with Crippen LogP contribution in [0, 0.1) is 0 Å². The van der Waals surface area contributed by atoms with Crippen LogP contribution in [0.25, 0.3) is 0 Å². The maximum atomic E-state index is 6.03. The van der Waals surface area contributed by atoms with Crippen molar-refractivity contribution in [1.29, 1.82) is 0 Å². The van der Waals surface area contributed by atoms with E-state index in [4.69, 9.17) is 14.5 Å². The van der Waals surface area contributed by atoms with Crippen molar-refractivity contribution < 1.29 is 9.47 Å². The fraction of sp³-hybridized carbons (Fsp3) is 0.208. The van der Waals surface area contributed by atoms with Crippen LogP contribution in [0.4, 0.5) is 0 Å². The summed E-state index contributed by atoms with van der Waals surface area (Å²) >= 11 is 0. The molecule has 0 radical (unpaired) electrons. The molecule has 0 amide bonds. The summed E-state index contributed by atoms with van der Waals surface area (Å²) < 4.78 is 11.2. The van der Waals surface area contributed by atoms with Crippen molar-refractivity contribution in [2.75, 3.05) is 20.8 Å². The first-order chi connectivity index (χ1) is 13.7. The summed E-state index contributed by atoms with van der Waals surface area (Å²) in [6.45, 7) is 1.23. The average molecular weight is 409 g/mol. The van der Waals surface area contributed by atoms with Crippen LogP contribution in [-0.2, 0) is 6.54 Å². The molecule has 0 saturated heterocycles. The Morgan fingerprint density at radius 1 is 0.897 bits per heavy atom. The number of halogens is 1. The lowest BCUT2D eigenvalue weighted by Gasteiger charge is -2.20. The summed E-state index contributed by atoms with van der Waals surface area (Å²) in [6.07, 6.45) is 0. The van der Waals surface area contributed by atoms with Crippen LogP contribution < -0.4 is 9.47 Å². The molecule has 29 heavy (non-hydrogen) atoms. The predicted molar refractivity (Wildman–Crippen MR) is 119 cm³/mol. The molecule has 4 rings (SSSR count). The number of rotatable bonds is 5. The highest BCUT2D eigenvalue weighted by atomic mass is 35.5. The zero-order valence-electron chi connectivity index (χ0n) is 16.6. The molecule has 0 aromatic heterocycles. The first-order valence-corrected chi connectivity index (χ1v) is 9.42. The van der Waals surface area contributed by atoms with Gasteiger partial charge in [-0.25, -0.2) is 0 Å². The standard InChI is InChI=1S/C24H24N2O2.ClH/c1-26-16-19-10-6-7-11-22(19)24(18-8-4-3-5-9-18)25-23(26)17-28-21-14-12-20(27-2)13-15-21;/h3-15,24H,16-17H2,1-2H3;1H. The van der Waals surface area contributed by atoms with E-state index in [0.29, 0.717) is 6.61 Å². The number of aliphatic imine (C=N–C) groups is 1. The van der Waals surface area contributed by atoms with Crippen molar-refractivity contribution >= 4 is 18.2 Å². The molecule has 0 fully saturated rings. The number of amidine groups is 1. The molecule has 1 unspecified atom stereocenters. The Morgan fingerprint density at radius 3 is 2.28 bits per heavy atom. The monoisotopic (exact) mass is 408 g/mol. The number of fused-ring (bicyclic) bond motifs is 1. The van der Waals surface area contributed by atoms with E-state index in [9.17, 15) is 0 Å². The number of hydrogen-bond donors (Lipinski definition) is 0. The minimum absolute atomic E-state index is 0. The second-order valence-corrected chi connectivity index (χ2v) is 6.88. The van der Waals surface area contributed by atoms with Crippen molar-refractivity contribution in [2.24, 2.45) is 4.99 Å². The topological polar surface area (TPSA) is 34.1 Å². The zero-order chi connectivity index (χ0) is 19.3. The fourth-order valence-electron chi connectivity index (χ4n) is 3.47. The Morgan fingerprint density at radius 2 is 1.55 bits per heavy atom. The predicted octanol–water partition coefficient (Wildman–Crippen LogP) is 5.13. The summed E-state index contributed by atoms with van der Waals surface area (Å²) in [4.78, 5) is 7.28. The number of methoxy groups -OCH3 is 1. The summed E-state index contributed by atoms with van der Waals surface area (Å²) in [5.74, 6) is 2.55. The van der Waals surface area contributed by atoms with Crippen LogP contribution >= 0.6 is 12.4 Å². The van der Waals surface area contributed by atoms with Gasteiger partial charge in [0.1, 0.15) is 30.0 Å². The number of benzene rings is 3. The van der Waals surface area contributed by atoms with E-state index in [0.717, 1.165) is 23.9 Å². The van der Waals surface area contributed by atoms with Gasteiger partial charge in [0.15, 0.2) is 0 Å². The highest BCUT2D eigenvalue weighted by molar-refractivity contribution is 5.85. The van der Waals surface area contributed by atoms with Gasteiger partial charge in [-0.3, -0.25) is 4.99 Å². The molecule has 0 bridgehead atoms. The van der Waals surface area contributed by atoms with Crippen molar-refractivity contribution in [3.8, 4) is 11.5 Å². The molecule has 1 heterocycles. The normalized spacial score (nSPS) is 15.4. The van der Waals surface area contributed by atoms with E-state index in [1.54, 1.807) is 7.11 Å². The number of nitrogens with zero attached hydrogens (tertiary/aromatic N) is 2. The number of ether oxygens (including phenoxy) is 2. The zero-order valence-corrected chi connectivity index (χ0v) is 17.4. The van der Waals surface area contributed by atoms with E-state index in [1.807, 2.05) is 30.3 Å². The van der Waals surface area contributed by atoms with Gasteiger partial charge in [-0.1, -0.05) is 54.6 Å². The van der Waals surface area contributed by atoms with Gasteiger partial charge < -0.3 is 14.4 Å². The van der Waals surface area contributed by atoms with Crippen LogP contribution in [0.3, 0.4) is 0 Å². The van der Waals surface area contributed by atoms with E-state index in [2.05, 4.69) is 60.5 Å². The van der Waals surface area contributed by atoms with Crippen LogP contribution in [0.2, 0.25) is 0 Å². The van der Waals surface area contributed by atoms with Crippen molar-refractivity contribution in [2.45, 2.75) is 12.6 Å². The second kappa shape index (κ2) is 9.48. The van der Waals surface area contributed by atoms with Gasteiger partial charge in [0, 0.05) is 13.6 Å². The van der Waals surface area contributed by atoms with Crippen molar-refractivity contribution in [3.05, 3.63) is 95.6 Å². The average Bonchev–Trinajstić information content (AvgIpc) is 2.89. The fourth-order valence-corrected chi connectivity index (χ4v) is 3.47. The molecule has 5 heteroatoms. The lowest BCUT2D eigenvalue weighted by Crippen LogP contribution is -2.30. The van der Waals surface area contributed by atoms with Gasteiger partial charge in [0.2, 0.25) is 0 Å². The molecule has 3 aromatic rings. The van der Waals surface area contributed by atoms with Gasteiger partial charge in [-0.2, -0.15) is 0 Å². The largest absolute Gasteiger partial charge is 0.497 e. The smallest absolute Gasteiger partial charge is 0.145 e. The third-order valence-electron chi connectivity index (χ3n) is 5.02. The molecule has 1 aliphatic rings. The van der Waals surface area contributed by atoms with Gasteiger partial charge >= 0.3 is 0 Å². The molecule has 0 aliphatic carbocycles. The quantitative estimate of drug-likeness (QED) is 0.587. The van der Waals surface area contributed by atoms with Gasteiger partial charge in [0.05, 0.1) is 7.11 Å². The maximum Gasteiger partial charge on any atom is 0.145 e. The summed E-state index contributed by atoms with van der Waals surface area (Å²) in [6, 6.07) is 26.6. The summed E-state index contributed by atoms with van der Waals surface area (Å²) in [5.41, 5.74) is 3.73. The van der Waals surface area contributed by atoms with Crippen molar-refractivity contribution in [1.82, 2.24) is 4.90 Å². The summed E-state index contributed by atoms with van der Waals surface area (Å²) in [5, 5.41) is 0. The lowest BCUT2D eigenvalue weighted by molar-refractivity contribution is 0.347. The van der Waals surface area contributed by atoms with Crippen LogP contribution in [-0.4, -0.2) is 31.5 Å².